The van der Waals surface area contributed by atoms with Crippen LogP contribution in [0.1, 0.15) is 20.8 Å². The van der Waals surface area contributed by atoms with E-state index in [4.69, 9.17) is 4.74 Å². The van der Waals surface area contributed by atoms with Crippen molar-refractivity contribution >= 4 is 33.9 Å². The first-order valence-electron chi connectivity index (χ1n) is 8.36. The summed E-state index contributed by atoms with van der Waals surface area (Å²) in [4.78, 5) is 12.2. The molecule has 0 radical (unpaired) electrons. The second-order valence-electron chi connectivity index (χ2n) is 7.10. The molecule has 0 saturated carbocycles. The van der Waals surface area contributed by atoms with E-state index in [1.54, 1.807) is 81.4 Å². The van der Waals surface area contributed by atoms with Crippen molar-refractivity contribution in [3.8, 4) is 0 Å². The van der Waals surface area contributed by atoms with Gasteiger partial charge in [0.05, 0.1) is 0 Å². The standard InChI is InChI=1S/C19H24NO5PS/c1-19(2,3)25-18(21)20(4)27(23,24)15-26(22,16-11-7-5-8-12-16)17-13-9-6-10-14-17/h5-14H,15H2,1-4H3. The number of hydrogen-bond donors (Lipinski definition) is 0. The normalized spacial score (nSPS) is 12.4. The van der Waals surface area contributed by atoms with Crippen LogP contribution in [0.3, 0.4) is 0 Å². The Bertz CT molecular complexity index is 894. The van der Waals surface area contributed by atoms with Crippen LogP contribution in [0.2, 0.25) is 0 Å². The summed E-state index contributed by atoms with van der Waals surface area (Å²) in [5.74, 6) is 0. The van der Waals surface area contributed by atoms with Crippen LogP contribution in [0, 0.1) is 0 Å². The minimum Gasteiger partial charge on any atom is -0.443 e. The summed E-state index contributed by atoms with van der Waals surface area (Å²) < 4.78 is 45.3. The molecule has 0 fully saturated rings. The molecular formula is C19H24NO5PS. The van der Waals surface area contributed by atoms with Gasteiger partial charge in [-0.3, -0.25) is 0 Å². The zero-order chi connectivity index (χ0) is 20.3. The second kappa shape index (κ2) is 7.87. The summed E-state index contributed by atoms with van der Waals surface area (Å²) >= 11 is 0. The van der Waals surface area contributed by atoms with Crippen molar-refractivity contribution in [3.05, 3.63) is 60.7 Å². The fraction of sp³-hybridized carbons (Fsp3) is 0.316. The van der Waals surface area contributed by atoms with Crippen LogP contribution in [0.4, 0.5) is 4.79 Å². The van der Waals surface area contributed by atoms with Gasteiger partial charge in [0.25, 0.3) is 0 Å². The molecule has 2 aromatic carbocycles. The Kier molecular flexibility index (Phi) is 6.17. The van der Waals surface area contributed by atoms with Crippen LogP contribution in [0.25, 0.3) is 0 Å². The van der Waals surface area contributed by atoms with Crippen LogP contribution in [0.15, 0.2) is 60.7 Å². The molecule has 146 valence electrons. The Hall–Kier alpha value is -2.11. The third kappa shape index (κ3) is 5.21. The predicted molar refractivity (Wildman–Crippen MR) is 108 cm³/mol. The summed E-state index contributed by atoms with van der Waals surface area (Å²) in [5, 5.41) is 0.828. The lowest BCUT2D eigenvalue weighted by Gasteiger charge is -2.26. The van der Waals surface area contributed by atoms with Crippen LogP contribution < -0.4 is 10.6 Å². The smallest absolute Gasteiger partial charge is 0.423 e. The molecule has 0 aliphatic carbocycles. The fourth-order valence-corrected chi connectivity index (χ4v) is 7.99. The van der Waals surface area contributed by atoms with Crippen molar-refractivity contribution in [2.24, 2.45) is 0 Å². The SMILES string of the molecule is CN(C(=O)OC(C)(C)C)S(=O)(=O)CP(=O)(c1ccccc1)c1ccccc1. The molecule has 6 nitrogen and oxygen atoms in total. The van der Waals surface area contributed by atoms with E-state index < -0.39 is 34.4 Å². The number of carbonyl (C=O) groups excluding carboxylic acids is 1. The summed E-state index contributed by atoms with van der Waals surface area (Å²) in [6.07, 6.45) is -1.00. The van der Waals surface area contributed by atoms with Gasteiger partial charge in [0.15, 0.2) is 7.14 Å². The number of nitrogens with zero attached hydrogens (tertiary/aromatic N) is 1. The number of hydrogen-bond acceptors (Lipinski definition) is 5. The lowest BCUT2D eigenvalue weighted by molar-refractivity contribution is 0.0421. The molecule has 0 bridgehead atoms. The number of benzene rings is 2. The number of amides is 1. The van der Waals surface area contributed by atoms with E-state index in [-0.39, 0.29) is 0 Å². The quantitative estimate of drug-likeness (QED) is 0.709. The largest absolute Gasteiger partial charge is 0.443 e. The van der Waals surface area contributed by atoms with Gasteiger partial charge < -0.3 is 9.30 Å². The minimum atomic E-state index is -4.19. The molecule has 0 aromatic heterocycles. The van der Waals surface area contributed by atoms with Crippen LogP contribution in [-0.2, 0) is 19.3 Å². The first-order chi connectivity index (χ1) is 12.5. The third-order valence-electron chi connectivity index (χ3n) is 3.76. The molecule has 0 atom stereocenters. The molecule has 0 aliphatic heterocycles. The van der Waals surface area contributed by atoms with E-state index in [1.807, 2.05) is 0 Å². The summed E-state index contributed by atoms with van der Waals surface area (Å²) in [6, 6.07) is 16.9. The Morgan fingerprint density at radius 2 is 1.37 bits per heavy atom. The lowest BCUT2D eigenvalue weighted by atomic mass is 10.2. The zero-order valence-corrected chi connectivity index (χ0v) is 17.5. The summed E-state index contributed by atoms with van der Waals surface area (Å²) in [7, 11) is -6.60. The first-order valence-corrected chi connectivity index (χ1v) is 11.9. The van der Waals surface area contributed by atoms with E-state index in [0.29, 0.717) is 14.9 Å². The van der Waals surface area contributed by atoms with Gasteiger partial charge in [0.2, 0.25) is 10.0 Å². The van der Waals surface area contributed by atoms with Gasteiger partial charge in [0.1, 0.15) is 11.1 Å². The first kappa shape index (κ1) is 21.2. The molecule has 0 N–H and O–H groups in total. The average molecular weight is 409 g/mol. The van der Waals surface area contributed by atoms with Gasteiger partial charge in [-0.15, -0.1) is 0 Å². The molecule has 0 spiro atoms. The molecule has 27 heavy (non-hydrogen) atoms. The third-order valence-corrected chi connectivity index (χ3v) is 9.77. The Balaban J connectivity index is 2.44. The maximum Gasteiger partial charge on any atom is 0.423 e. The number of ether oxygens (including phenoxy) is 1. The van der Waals surface area contributed by atoms with Crippen molar-refractivity contribution in [2.45, 2.75) is 26.4 Å². The highest BCUT2D eigenvalue weighted by Crippen LogP contribution is 2.45. The predicted octanol–water partition coefficient (Wildman–Crippen LogP) is 3.15. The topological polar surface area (TPSA) is 80.8 Å². The monoisotopic (exact) mass is 409 g/mol. The summed E-state index contributed by atoms with van der Waals surface area (Å²) in [6.45, 7) is 4.93. The minimum absolute atomic E-state index is 0.414. The fourth-order valence-electron chi connectivity index (χ4n) is 2.39. The van der Waals surface area contributed by atoms with Gasteiger partial charge in [-0.05, 0) is 20.8 Å². The molecule has 2 aromatic rings. The highest BCUT2D eigenvalue weighted by molar-refractivity contribution is 8.01. The van der Waals surface area contributed by atoms with Gasteiger partial charge >= 0.3 is 6.09 Å². The van der Waals surface area contributed by atoms with Gasteiger partial charge in [-0.25, -0.2) is 17.5 Å². The zero-order valence-electron chi connectivity index (χ0n) is 15.8. The molecule has 0 heterocycles. The second-order valence-corrected chi connectivity index (χ2v) is 12.4. The van der Waals surface area contributed by atoms with Crippen LogP contribution in [0.5, 0.6) is 0 Å². The number of sulfonamides is 1. The van der Waals surface area contributed by atoms with Crippen LogP contribution >= 0.6 is 7.14 Å². The van der Waals surface area contributed by atoms with Crippen molar-refractivity contribution in [3.63, 3.8) is 0 Å². The molecular weight excluding hydrogens is 385 g/mol. The highest BCUT2D eigenvalue weighted by atomic mass is 32.2. The molecule has 0 saturated heterocycles. The van der Waals surface area contributed by atoms with Crippen molar-refractivity contribution in [1.82, 2.24) is 4.31 Å². The summed E-state index contributed by atoms with van der Waals surface area (Å²) in [5.41, 5.74) is -1.55. The number of carbonyl (C=O) groups is 1. The van der Waals surface area contributed by atoms with E-state index in [9.17, 15) is 17.8 Å². The molecule has 0 unspecified atom stereocenters. The van der Waals surface area contributed by atoms with E-state index in [0.717, 1.165) is 7.05 Å². The lowest BCUT2D eigenvalue weighted by Crippen LogP contribution is -2.40. The van der Waals surface area contributed by atoms with E-state index in [2.05, 4.69) is 0 Å². The molecule has 0 aliphatic rings. The Morgan fingerprint density at radius 1 is 0.963 bits per heavy atom. The van der Waals surface area contributed by atoms with Crippen molar-refractivity contribution < 1.29 is 22.5 Å². The van der Waals surface area contributed by atoms with E-state index >= 15 is 0 Å². The molecule has 1 amide bonds. The van der Waals surface area contributed by atoms with Crippen molar-refractivity contribution in [1.29, 1.82) is 0 Å². The van der Waals surface area contributed by atoms with Gasteiger partial charge in [0, 0.05) is 17.7 Å². The Morgan fingerprint density at radius 3 is 1.74 bits per heavy atom. The van der Waals surface area contributed by atoms with Gasteiger partial charge in [-0.2, -0.15) is 0 Å². The Labute approximate surface area is 160 Å². The highest BCUT2D eigenvalue weighted by Gasteiger charge is 2.38. The molecule has 2 rings (SSSR count). The number of rotatable bonds is 5. The van der Waals surface area contributed by atoms with E-state index in [1.165, 1.54) is 0 Å². The maximum absolute atomic E-state index is 13.9. The average Bonchev–Trinajstić information content (AvgIpc) is 2.60. The molecule has 8 heteroatoms. The van der Waals surface area contributed by atoms with Crippen molar-refractivity contribution in [2.75, 3.05) is 12.5 Å². The van der Waals surface area contributed by atoms with Gasteiger partial charge in [-0.1, -0.05) is 60.7 Å². The maximum atomic E-state index is 13.9. The van der Waals surface area contributed by atoms with Crippen LogP contribution in [-0.4, -0.2) is 37.0 Å².